The highest BCUT2D eigenvalue weighted by Crippen LogP contribution is 2.34. The van der Waals surface area contributed by atoms with Gasteiger partial charge in [-0.2, -0.15) is 5.10 Å². The monoisotopic (exact) mass is 537 g/mol. The fourth-order valence-corrected chi connectivity index (χ4v) is 3.85. The van der Waals surface area contributed by atoms with Crippen molar-refractivity contribution in [1.82, 2.24) is 5.43 Å². The van der Waals surface area contributed by atoms with Crippen LogP contribution in [0.3, 0.4) is 0 Å². The van der Waals surface area contributed by atoms with Gasteiger partial charge in [0.25, 0.3) is 11.6 Å². The molecule has 0 radical (unpaired) electrons. The minimum Gasteiger partial charge on any atom is -0.493 e. The molecule has 1 N–H and O–H groups in total. The standard InChI is InChI=1S/C20H16IN3O5S/c1-28-17-10-14(11-22-23-20(25)18-3-2-8-30-18)9-16(21)19(17)29-12-13-4-6-15(7-5-13)24(26)27/h2-11H,12H2,1H3,(H,23,25)/b22-11-. The summed E-state index contributed by atoms with van der Waals surface area (Å²) >= 11 is 3.46. The Morgan fingerprint density at radius 2 is 2.07 bits per heavy atom. The van der Waals surface area contributed by atoms with Gasteiger partial charge in [0.15, 0.2) is 11.5 Å². The second-order valence-electron chi connectivity index (χ2n) is 5.92. The summed E-state index contributed by atoms with van der Waals surface area (Å²) in [6.07, 6.45) is 1.52. The zero-order valence-electron chi connectivity index (χ0n) is 15.7. The van der Waals surface area contributed by atoms with E-state index in [1.165, 1.54) is 36.8 Å². The van der Waals surface area contributed by atoms with Gasteiger partial charge >= 0.3 is 0 Å². The van der Waals surface area contributed by atoms with Crippen LogP contribution in [-0.2, 0) is 6.61 Å². The van der Waals surface area contributed by atoms with E-state index in [0.717, 1.165) is 14.7 Å². The van der Waals surface area contributed by atoms with Crippen molar-refractivity contribution in [2.24, 2.45) is 5.10 Å². The molecule has 2 aromatic carbocycles. The van der Waals surface area contributed by atoms with E-state index in [4.69, 9.17) is 9.47 Å². The summed E-state index contributed by atoms with van der Waals surface area (Å²) < 4.78 is 12.1. The van der Waals surface area contributed by atoms with Crippen LogP contribution in [0.1, 0.15) is 20.8 Å². The number of nitro groups is 1. The molecule has 0 atom stereocenters. The fourth-order valence-electron chi connectivity index (χ4n) is 2.45. The first-order chi connectivity index (χ1) is 14.5. The Hall–Kier alpha value is -2.99. The van der Waals surface area contributed by atoms with Crippen LogP contribution in [0.2, 0.25) is 0 Å². The van der Waals surface area contributed by atoms with Crippen molar-refractivity contribution in [3.63, 3.8) is 0 Å². The third kappa shape index (κ3) is 5.54. The van der Waals surface area contributed by atoms with Crippen LogP contribution in [0.25, 0.3) is 0 Å². The van der Waals surface area contributed by atoms with Crippen LogP contribution in [0.5, 0.6) is 11.5 Å². The largest absolute Gasteiger partial charge is 0.493 e. The third-order valence-corrected chi connectivity index (χ3v) is 5.58. The SMILES string of the molecule is COc1cc(/C=N\NC(=O)c2cccs2)cc(I)c1OCc1ccc([N+](=O)[O-])cc1. The van der Waals surface area contributed by atoms with Crippen molar-refractivity contribution in [3.8, 4) is 11.5 Å². The van der Waals surface area contributed by atoms with E-state index in [2.05, 4.69) is 33.1 Å². The summed E-state index contributed by atoms with van der Waals surface area (Å²) in [6, 6.07) is 13.3. The van der Waals surface area contributed by atoms with E-state index < -0.39 is 4.92 Å². The van der Waals surface area contributed by atoms with Gasteiger partial charge in [-0.15, -0.1) is 11.3 Å². The molecule has 8 nitrogen and oxygen atoms in total. The van der Waals surface area contributed by atoms with Crippen LogP contribution in [-0.4, -0.2) is 24.2 Å². The summed E-state index contributed by atoms with van der Waals surface area (Å²) in [5, 5.41) is 16.6. The highest BCUT2D eigenvalue weighted by atomic mass is 127. The van der Waals surface area contributed by atoms with E-state index in [9.17, 15) is 14.9 Å². The summed E-state index contributed by atoms with van der Waals surface area (Å²) in [4.78, 5) is 22.8. The number of amides is 1. The summed E-state index contributed by atoms with van der Waals surface area (Å²) in [6.45, 7) is 0.231. The van der Waals surface area contributed by atoms with Crippen LogP contribution < -0.4 is 14.9 Å². The predicted octanol–water partition coefficient (Wildman–Crippen LogP) is 4.61. The first-order valence-electron chi connectivity index (χ1n) is 8.58. The minimum absolute atomic E-state index is 0.0284. The number of nitro benzene ring substituents is 1. The van der Waals surface area contributed by atoms with Crippen LogP contribution >= 0.6 is 33.9 Å². The molecule has 1 heterocycles. The van der Waals surface area contributed by atoms with Crippen molar-refractivity contribution >= 4 is 51.7 Å². The van der Waals surface area contributed by atoms with E-state index in [1.807, 2.05) is 11.4 Å². The molecule has 0 aliphatic heterocycles. The van der Waals surface area contributed by atoms with Crippen molar-refractivity contribution < 1.29 is 19.2 Å². The Morgan fingerprint density at radius 3 is 2.70 bits per heavy atom. The molecule has 30 heavy (non-hydrogen) atoms. The molecule has 10 heteroatoms. The second-order valence-corrected chi connectivity index (χ2v) is 8.03. The highest BCUT2D eigenvalue weighted by Gasteiger charge is 2.12. The number of benzene rings is 2. The number of halogens is 1. The molecular weight excluding hydrogens is 521 g/mol. The molecule has 0 saturated heterocycles. The third-order valence-electron chi connectivity index (χ3n) is 3.91. The number of methoxy groups -OCH3 is 1. The smallest absolute Gasteiger partial charge is 0.281 e. The maximum Gasteiger partial charge on any atom is 0.281 e. The average Bonchev–Trinajstić information content (AvgIpc) is 3.28. The molecule has 3 rings (SSSR count). The Kier molecular flexibility index (Phi) is 7.36. The highest BCUT2D eigenvalue weighted by molar-refractivity contribution is 14.1. The van der Waals surface area contributed by atoms with Crippen LogP contribution in [0.4, 0.5) is 5.69 Å². The average molecular weight is 537 g/mol. The molecule has 0 unspecified atom stereocenters. The van der Waals surface area contributed by atoms with Gasteiger partial charge in [0, 0.05) is 12.1 Å². The van der Waals surface area contributed by atoms with Crippen molar-refractivity contribution in [2.45, 2.75) is 6.61 Å². The molecule has 0 aliphatic carbocycles. The van der Waals surface area contributed by atoms with E-state index in [-0.39, 0.29) is 18.2 Å². The Morgan fingerprint density at radius 1 is 1.30 bits per heavy atom. The van der Waals surface area contributed by atoms with Gasteiger partial charge in [-0.25, -0.2) is 5.43 Å². The molecule has 3 aromatic rings. The lowest BCUT2D eigenvalue weighted by atomic mass is 10.2. The van der Waals surface area contributed by atoms with E-state index >= 15 is 0 Å². The molecule has 0 aliphatic rings. The number of carbonyl (C=O) groups is 1. The molecular formula is C20H16IN3O5S. The van der Waals surface area contributed by atoms with Crippen LogP contribution in [0, 0.1) is 13.7 Å². The normalized spacial score (nSPS) is 10.7. The molecule has 0 bridgehead atoms. The molecule has 154 valence electrons. The van der Waals surface area contributed by atoms with Gasteiger partial charge in [0.2, 0.25) is 0 Å². The predicted molar refractivity (Wildman–Crippen MR) is 123 cm³/mol. The van der Waals surface area contributed by atoms with E-state index in [0.29, 0.717) is 16.4 Å². The van der Waals surface area contributed by atoms with Gasteiger partial charge in [-0.3, -0.25) is 14.9 Å². The molecule has 0 spiro atoms. The maximum absolute atomic E-state index is 11.9. The number of non-ortho nitro benzene ring substituents is 1. The summed E-state index contributed by atoms with van der Waals surface area (Å²) in [5.74, 6) is 0.789. The van der Waals surface area contributed by atoms with Crippen molar-refractivity contribution in [3.05, 3.63) is 83.6 Å². The zero-order valence-corrected chi connectivity index (χ0v) is 18.7. The number of nitrogens with zero attached hydrogens (tertiary/aromatic N) is 2. The number of hydrogen-bond acceptors (Lipinski definition) is 7. The Labute approximate surface area is 189 Å². The number of hydrogen-bond donors (Lipinski definition) is 1. The molecule has 0 saturated carbocycles. The van der Waals surface area contributed by atoms with Gasteiger partial charge in [0.05, 0.1) is 26.7 Å². The molecule has 1 amide bonds. The van der Waals surface area contributed by atoms with E-state index in [1.54, 1.807) is 30.3 Å². The zero-order chi connectivity index (χ0) is 21.5. The van der Waals surface area contributed by atoms with Crippen LogP contribution in [0.15, 0.2) is 59.0 Å². The van der Waals surface area contributed by atoms with Gasteiger partial charge < -0.3 is 9.47 Å². The number of rotatable bonds is 8. The number of carbonyl (C=O) groups excluding carboxylic acids is 1. The molecule has 1 aromatic heterocycles. The first-order valence-corrected chi connectivity index (χ1v) is 10.5. The number of ether oxygens (including phenoxy) is 2. The lowest BCUT2D eigenvalue weighted by Crippen LogP contribution is -2.16. The quantitative estimate of drug-likeness (QED) is 0.196. The second kappa shape index (κ2) is 10.2. The Balaban J connectivity index is 1.68. The fraction of sp³-hybridized carbons (Fsp3) is 0.100. The minimum atomic E-state index is -0.445. The number of nitrogens with one attached hydrogen (secondary N) is 1. The summed E-state index contributed by atoms with van der Waals surface area (Å²) in [5.41, 5.74) is 4.03. The first kappa shape index (κ1) is 21.7. The van der Waals surface area contributed by atoms with Crippen molar-refractivity contribution in [1.29, 1.82) is 0 Å². The maximum atomic E-state index is 11.9. The van der Waals surface area contributed by atoms with Gasteiger partial charge in [-0.05, 0) is 69.4 Å². The topological polar surface area (TPSA) is 103 Å². The number of thiophene rings is 1. The van der Waals surface area contributed by atoms with Gasteiger partial charge in [0.1, 0.15) is 6.61 Å². The number of hydrazone groups is 1. The summed E-state index contributed by atoms with van der Waals surface area (Å²) in [7, 11) is 1.53. The lowest BCUT2D eigenvalue weighted by Gasteiger charge is -2.13. The lowest BCUT2D eigenvalue weighted by molar-refractivity contribution is -0.384. The van der Waals surface area contributed by atoms with Gasteiger partial charge in [-0.1, -0.05) is 6.07 Å². The molecule has 0 fully saturated rings. The van der Waals surface area contributed by atoms with Crippen molar-refractivity contribution in [2.75, 3.05) is 7.11 Å². The Bertz CT molecular complexity index is 1070.